The maximum atomic E-state index is 10.9. The highest BCUT2D eigenvalue weighted by molar-refractivity contribution is 5.93. The second-order valence-electron chi connectivity index (χ2n) is 5.71. The molecule has 0 radical (unpaired) electrons. The Kier molecular flexibility index (Phi) is 10.5. The van der Waals surface area contributed by atoms with Crippen LogP contribution in [0, 0.1) is 0 Å². The molecule has 0 aliphatic carbocycles. The maximum Gasteiger partial charge on any atom is 0.330 e. The summed E-state index contributed by atoms with van der Waals surface area (Å²) in [6.07, 6.45) is 7.06. The van der Waals surface area contributed by atoms with Crippen LogP contribution in [-0.4, -0.2) is 30.1 Å². The molecule has 0 aliphatic rings. The van der Waals surface area contributed by atoms with Crippen molar-refractivity contribution < 1.29 is 29.2 Å². The molecule has 1 aromatic carbocycles. The molecule has 0 saturated carbocycles. The van der Waals surface area contributed by atoms with Crippen LogP contribution in [0.25, 0.3) is 5.76 Å². The third-order valence-electron chi connectivity index (χ3n) is 3.43. The average molecular weight is 362 g/mol. The summed E-state index contributed by atoms with van der Waals surface area (Å²) in [6, 6.07) is 6.60. The first kappa shape index (κ1) is 21.4. The fourth-order valence-electron chi connectivity index (χ4n) is 2.09. The number of benzene rings is 1. The lowest BCUT2D eigenvalue weighted by Crippen LogP contribution is -2.02. The minimum absolute atomic E-state index is 0.0794. The molecule has 6 nitrogen and oxygen atoms in total. The first-order valence-corrected chi connectivity index (χ1v) is 8.63. The Balaban J connectivity index is 2.08. The van der Waals surface area contributed by atoms with E-state index >= 15 is 0 Å². The van der Waals surface area contributed by atoms with Gasteiger partial charge in [-0.2, -0.15) is 4.89 Å². The van der Waals surface area contributed by atoms with Gasteiger partial charge >= 0.3 is 5.97 Å². The molecule has 1 rings (SSSR count). The number of allylic oxidation sites excluding steroid dienone is 1. The molecular formula is C20H26O6. The molecule has 0 saturated heterocycles. The zero-order valence-corrected chi connectivity index (χ0v) is 15.1. The Labute approximate surface area is 154 Å². The van der Waals surface area contributed by atoms with Gasteiger partial charge in [0.1, 0.15) is 5.76 Å². The lowest BCUT2D eigenvalue weighted by molar-refractivity contribution is -0.207. The first-order chi connectivity index (χ1) is 12.5. The van der Waals surface area contributed by atoms with Gasteiger partial charge in [0.15, 0.2) is 11.5 Å². The van der Waals surface area contributed by atoms with E-state index in [-0.39, 0.29) is 17.5 Å². The highest BCUT2D eigenvalue weighted by Gasteiger charge is 2.02. The second kappa shape index (κ2) is 12.7. The highest BCUT2D eigenvalue weighted by atomic mass is 17.2. The van der Waals surface area contributed by atoms with Gasteiger partial charge in [0, 0.05) is 17.7 Å². The van der Waals surface area contributed by atoms with Crippen molar-refractivity contribution in [2.24, 2.45) is 0 Å². The summed E-state index contributed by atoms with van der Waals surface area (Å²) >= 11 is 0. The van der Waals surface area contributed by atoms with Gasteiger partial charge in [-0.05, 0) is 44.0 Å². The summed E-state index contributed by atoms with van der Waals surface area (Å²) < 4.78 is 4.89. The van der Waals surface area contributed by atoms with Gasteiger partial charge < -0.3 is 14.7 Å². The van der Waals surface area contributed by atoms with Crippen molar-refractivity contribution in [2.45, 2.75) is 39.0 Å². The number of rotatable bonds is 13. The minimum atomic E-state index is -0.381. The average Bonchev–Trinajstić information content (AvgIpc) is 2.62. The molecule has 0 aromatic heterocycles. The molecule has 1 aromatic rings. The maximum absolute atomic E-state index is 10.9. The Morgan fingerprint density at radius 1 is 1.04 bits per heavy atom. The topological polar surface area (TPSA) is 82.1 Å². The molecule has 26 heavy (non-hydrogen) atoms. The van der Waals surface area contributed by atoms with Crippen LogP contribution in [0.4, 0.5) is 0 Å². The Hall–Kier alpha value is -2.60. The van der Waals surface area contributed by atoms with Crippen LogP contribution >= 0.6 is 0 Å². The number of hydrogen-bond acceptors (Lipinski definition) is 6. The van der Waals surface area contributed by atoms with Crippen molar-refractivity contribution in [3.8, 4) is 5.75 Å². The van der Waals surface area contributed by atoms with Crippen molar-refractivity contribution in [2.75, 3.05) is 13.2 Å². The van der Waals surface area contributed by atoms with Gasteiger partial charge in [-0.1, -0.05) is 25.8 Å². The molecule has 0 amide bonds. The summed E-state index contributed by atoms with van der Waals surface area (Å²) in [5.41, 5.74) is 0.534. The summed E-state index contributed by atoms with van der Waals surface area (Å²) in [7, 11) is 0. The molecule has 1 N–H and O–H groups in total. The Bertz CT molecular complexity index is 603. The fourth-order valence-corrected chi connectivity index (χ4v) is 2.09. The zero-order valence-electron chi connectivity index (χ0n) is 15.1. The predicted molar refractivity (Wildman–Crippen MR) is 98.5 cm³/mol. The quantitative estimate of drug-likeness (QED) is 0.142. The zero-order chi connectivity index (χ0) is 19.2. The van der Waals surface area contributed by atoms with Crippen molar-refractivity contribution in [3.05, 3.63) is 48.6 Å². The van der Waals surface area contributed by atoms with Crippen LogP contribution in [-0.2, 0) is 19.2 Å². The van der Waals surface area contributed by atoms with E-state index in [0.717, 1.165) is 44.3 Å². The van der Waals surface area contributed by atoms with Crippen LogP contribution in [0.1, 0.15) is 44.6 Å². The summed E-state index contributed by atoms with van der Waals surface area (Å²) in [5.74, 6) is -0.157. The minimum Gasteiger partial charge on any atom is -0.507 e. The van der Waals surface area contributed by atoms with E-state index in [0.29, 0.717) is 24.5 Å². The Morgan fingerprint density at radius 2 is 1.65 bits per heavy atom. The molecule has 0 fully saturated rings. The molecule has 0 atom stereocenters. The molecule has 0 heterocycles. The third-order valence-corrected chi connectivity index (χ3v) is 3.43. The largest absolute Gasteiger partial charge is 0.507 e. The van der Waals surface area contributed by atoms with Gasteiger partial charge in [0.25, 0.3) is 0 Å². The third kappa shape index (κ3) is 9.64. The van der Waals surface area contributed by atoms with Gasteiger partial charge in [-0.25, -0.2) is 4.79 Å². The van der Waals surface area contributed by atoms with E-state index in [1.165, 1.54) is 6.92 Å². The fraction of sp³-hybridized carbons (Fsp3) is 0.400. The van der Waals surface area contributed by atoms with E-state index in [9.17, 15) is 14.7 Å². The number of hydrogen-bond donors (Lipinski definition) is 1. The normalized spacial score (nSPS) is 11.0. The van der Waals surface area contributed by atoms with E-state index in [2.05, 4.69) is 6.58 Å². The van der Waals surface area contributed by atoms with Gasteiger partial charge in [0.05, 0.1) is 13.2 Å². The number of carbonyl (C=O) groups excluding carboxylic acids is 2. The number of unbranched alkanes of at least 4 members (excludes halogenated alkanes) is 4. The van der Waals surface area contributed by atoms with Gasteiger partial charge in [-0.3, -0.25) is 4.79 Å². The molecule has 142 valence electrons. The number of ketones is 1. The molecule has 0 bridgehead atoms. The number of ether oxygens (including phenoxy) is 1. The van der Waals surface area contributed by atoms with E-state index in [1.54, 1.807) is 24.3 Å². The van der Waals surface area contributed by atoms with Crippen LogP contribution in [0.5, 0.6) is 5.75 Å². The van der Waals surface area contributed by atoms with Crippen LogP contribution in [0.2, 0.25) is 0 Å². The second-order valence-corrected chi connectivity index (χ2v) is 5.71. The molecule has 0 spiro atoms. The summed E-state index contributed by atoms with van der Waals surface area (Å²) in [5, 5.41) is 9.71. The smallest absolute Gasteiger partial charge is 0.330 e. The van der Waals surface area contributed by atoms with Crippen LogP contribution in [0.15, 0.2) is 43.0 Å². The number of esters is 1. The van der Waals surface area contributed by atoms with E-state index < -0.39 is 0 Å². The predicted octanol–water partition coefficient (Wildman–Crippen LogP) is 4.16. The van der Waals surface area contributed by atoms with Crippen molar-refractivity contribution in [3.63, 3.8) is 0 Å². The van der Waals surface area contributed by atoms with Gasteiger partial charge in [-0.15, -0.1) is 0 Å². The molecular weight excluding hydrogens is 336 g/mol. The van der Waals surface area contributed by atoms with Crippen molar-refractivity contribution >= 4 is 17.5 Å². The highest BCUT2D eigenvalue weighted by Crippen LogP contribution is 2.17. The number of carbonyl (C=O) groups is 2. The van der Waals surface area contributed by atoms with E-state index in [4.69, 9.17) is 14.5 Å². The van der Waals surface area contributed by atoms with E-state index in [1.807, 2.05) is 0 Å². The van der Waals surface area contributed by atoms with Gasteiger partial charge in [0.2, 0.25) is 0 Å². The van der Waals surface area contributed by atoms with Crippen molar-refractivity contribution in [1.82, 2.24) is 0 Å². The summed E-state index contributed by atoms with van der Waals surface area (Å²) in [4.78, 5) is 32.1. The molecule has 0 aliphatic heterocycles. The number of aliphatic hydroxyl groups excluding tert-OH is 1. The standard InChI is InChI=1S/C20H26O6/c1-3-20(23)24-13-7-5-4-6-8-14-25-26-18-11-9-17(10-12-18)19(22)15-16(2)21/h3,9-12,15,22H,1,4-8,13-14H2,2H3. The molecule has 0 unspecified atom stereocenters. The SMILES string of the molecule is C=CC(=O)OCCCCCCCOOc1ccc(C(O)=CC(C)=O)cc1. The monoisotopic (exact) mass is 362 g/mol. The molecule has 6 heteroatoms. The lowest BCUT2D eigenvalue weighted by atomic mass is 10.1. The summed E-state index contributed by atoms with van der Waals surface area (Å²) in [6.45, 7) is 5.61. The van der Waals surface area contributed by atoms with Crippen LogP contribution < -0.4 is 4.89 Å². The lowest BCUT2D eigenvalue weighted by Gasteiger charge is -2.06. The van der Waals surface area contributed by atoms with Crippen LogP contribution in [0.3, 0.4) is 0 Å². The number of aliphatic hydroxyl groups is 1. The Morgan fingerprint density at radius 3 is 2.27 bits per heavy atom. The first-order valence-electron chi connectivity index (χ1n) is 8.63. The van der Waals surface area contributed by atoms with Crippen molar-refractivity contribution in [1.29, 1.82) is 0 Å².